The average Bonchev–Trinajstić information content (AvgIpc) is 2.95. The van der Waals surface area contributed by atoms with E-state index in [0.29, 0.717) is 23.1 Å². The summed E-state index contributed by atoms with van der Waals surface area (Å²) in [5.41, 5.74) is 3.79. The molecule has 0 bridgehead atoms. The highest BCUT2D eigenvalue weighted by molar-refractivity contribution is 6.35. The molecule has 1 saturated heterocycles. The Morgan fingerprint density at radius 3 is 2.52 bits per heavy atom. The minimum absolute atomic E-state index is 0.136. The van der Waals surface area contributed by atoms with E-state index in [0.717, 1.165) is 37.2 Å². The van der Waals surface area contributed by atoms with Crippen molar-refractivity contribution >= 4 is 29.2 Å². The zero-order valence-corrected chi connectivity index (χ0v) is 16.4. The van der Waals surface area contributed by atoms with Gasteiger partial charge in [-0.1, -0.05) is 35.3 Å². The molecule has 27 heavy (non-hydrogen) atoms. The van der Waals surface area contributed by atoms with Gasteiger partial charge in [-0.3, -0.25) is 9.69 Å². The highest BCUT2D eigenvalue weighted by Gasteiger charge is 2.47. The van der Waals surface area contributed by atoms with Gasteiger partial charge in [0.05, 0.1) is 13.2 Å². The van der Waals surface area contributed by atoms with Crippen LogP contribution in [0.4, 0.5) is 0 Å². The van der Waals surface area contributed by atoms with Crippen LogP contribution in [0.2, 0.25) is 10.0 Å². The van der Waals surface area contributed by atoms with Crippen molar-refractivity contribution in [3.05, 3.63) is 63.1 Å². The summed E-state index contributed by atoms with van der Waals surface area (Å²) in [6, 6.07) is 11.8. The van der Waals surface area contributed by atoms with Gasteiger partial charge in [-0.15, -0.1) is 0 Å². The second-order valence-electron chi connectivity index (χ2n) is 7.62. The predicted molar refractivity (Wildman–Crippen MR) is 106 cm³/mol. The Morgan fingerprint density at radius 1 is 1.11 bits per heavy atom. The van der Waals surface area contributed by atoms with Gasteiger partial charge in [0.15, 0.2) is 0 Å². The number of carbonyl (C=O) groups is 1. The van der Waals surface area contributed by atoms with Crippen molar-refractivity contribution < 1.29 is 14.6 Å². The molecule has 4 rings (SSSR count). The summed E-state index contributed by atoms with van der Waals surface area (Å²) >= 11 is 12.4. The number of halogens is 2. The van der Waals surface area contributed by atoms with E-state index in [9.17, 15) is 4.79 Å². The number of carboxylic acid groups (broad SMARTS) is 1. The molecule has 6 heteroatoms. The average molecular weight is 406 g/mol. The van der Waals surface area contributed by atoms with Gasteiger partial charge in [-0.25, -0.2) is 0 Å². The molecule has 0 unspecified atom stereocenters. The number of likely N-dealkylation sites (tertiary alicyclic amines) is 1. The third kappa shape index (κ3) is 3.93. The van der Waals surface area contributed by atoms with E-state index in [-0.39, 0.29) is 12.0 Å². The minimum atomic E-state index is -0.755. The van der Waals surface area contributed by atoms with Gasteiger partial charge in [0.25, 0.3) is 0 Å². The van der Waals surface area contributed by atoms with Crippen LogP contribution in [0, 0.1) is 5.41 Å². The molecule has 0 saturated carbocycles. The molecule has 1 aliphatic carbocycles. The number of fused-ring (bicyclic) bond motifs is 1. The van der Waals surface area contributed by atoms with Crippen molar-refractivity contribution in [2.75, 3.05) is 26.2 Å². The van der Waals surface area contributed by atoms with E-state index < -0.39 is 5.97 Å². The second kappa shape index (κ2) is 7.34. The molecule has 0 atom stereocenters. The Kier molecular flexibility index (Phi) is 5.06. The Labute approximate surface area is 168 Å². The van der Waals surface area contributed by atoms with Crippen LogP contribution >= 0.6 is 23.2 Å². The first kappa shape index (κ1) is 18.6. The lowest BCUT2D eigenvalue weighted by atomic mass is 9.77. The molecule has 2 aromatic carbocycles. The van der Waals surface area contributed by atoms with Crippen molar-refractivity contribution in [3.63, 3.8) is 0 Å². The molecule has 1 spiro atoms. The van der Waals surface area contributed by atoms with Crippen LogP contribution in [-0.2, 0) is 24.1 Å². The van der Waals surface area contributed by atoms with Crippen molar-refractivity contribution in [3.8, 4) is 5.75 Å². The molecule has 0 aromatic heterocycles. The number of carboxylic acids is 1. The van der Waals surface area contributed by atoms with Crippen molar-refractivity contribution in [2.45, 2.75) is 19.3 Å². The molecule has 2 aliphatic rings. The maximum absolute atomic E-state index is 10.8. The van der Waals surface area contributed by atoms with E-state index in [2.05, 4.69) is 12.1 Å². The Bertz CT molecular complexity index is 857. The largest absolute Gasteiger partial charge is 0.493 e. The zero-order chi connectivity index (χ0) is 19.0. The summed E-state index contributed by atoms with van der Waals surface area (Å²) in [6.45, 7) is 2.36. The monoisotopic (exact) mass is 405 g/mol. The summed E-state index contributed by atoms with van der Waals surface area (Å²) in [5.74, 6) is 0.102. The maximum Gasteiger partial charge on any atom is 0.317 e. The molecule has 0 amide bonds. The van der Waals surface area contributed by atoms with Gasteiger partial charge in [0, 0.05) is 35.0 Å². The molecule has 2 aromatic rings. The predicted octanol–water partition coefficient (Wildman–Crippen LogP) is 4.10. The number of benzene rings is 2. The van der Waals surface area contributed by atoms with Gasteiger partial charge in [-0.05, 0) is 53.8 Å². The number of hydrogen-bond donors (Lipinski definition) is 1. The van der Waals surface area contributed by atoms with Crippen LogP contribution in [0.1, 0.15) is 16.7 Å². The molecule has 1 aliphatic heterocycles. The Balaban J connectivity index is 1.34. The first-order chi connectivity index (χ1) is 12.9. The van der Waals surface area contributed by atoms with Crippen LogP contribution in [0.25, 0.3) is 0 Å². The third-order valence-corrected chi connectivity index (χ3v) is 6.18. The van der Waals surface area contributed by atoms with Gasteiger partial charge in [0.2, 0.25) is 0 Å². The second-order valence-corrected chi connectivity index (χ2v) is 8.44. The number of rotatable bonds is 6. The molecule has 1 fully saturated rings. The smallest absolute Gasteiger partial charge is 0.317 e. The fourth-order valence-electron chi connectivity index (χ4n) is 4.37. The highest BCUT2D eigenvalue weighted by atomic mass is 35.5. The summed E-state index contributed by atoms with van der Waals surface area (Å²) < 4.78 is 5.93. The van der Waals surface area contributed by atoms with E-state index in [1.54, 1.807) is 0 Å². The summed E-state index contributed by atoms with van der Waals surface area (Å²) in [7, 11) is 0. The molecule has 4 nitrogen and oxygen atoms in total. The molecule has 1 N–H and O–H groups in total. The van der Waals surface area contributed by atoms with Crippen LogP contribution < -0.4 is 4.74 Å². The van der Waals surface area contributed by atoms with Crippen molar-refractivity contribution in [2.24, 2.45) is 5.41 Å². The first-order valence-electron chi connectivity index (χ1n) is 9.06. The maximum atomic E-state index is 10.8. The third-order valence-electron chi connectivity index (χ3n) is 5.47. The topological polar surface area (TPSA) is 49.8 Å². The summed E-state index contributed by atoms with van der Waals surface area (Å²) in [6.07, 6.45) is 2.67. The lowest BCUT2D eigenvalue weighted by Crippen LogP contribution is -2.58. The van der Waals surface area contributed by atoms with Gasteiger partial charge in [0.1, 0.15) is 5.75 Å². The molecular formula is C21H21Cl2NO3. The fraction of sp³-hybridized carbons (Fsp3) is 0.381. The lowest BCUT2D eigenvalue weighted by molar-refractivity contribution is -0.141. The molecule has 1 heterocycles. The van der Waals surface area contributed by atoms with Crippen LogP contribution in [-0.4, -0.2) is 42.2 Å². The van der Waals surface area contributed by atoms with Gasteiger partial charge < -0.3 is 9.84 Å². The van der Waals surface area contributed by atoms with Crippen LogP contribution in [0.3, 0.4) is 0 Å². The molecular weight excluding hydrogens is 385 g/mol. The zero-order valence-electron chi connectivity index (χ0n) is 14.9. The molecule has 142 valence electrons. The fourth-order valence-corrected chi connectivity index (χ4v) is 4.96. The van der Waals surface area contributed by atoms with E-state index in [1.807, 2.05) is 29.2 Å². The first-order valence-corrected chi connectivity index (χ1v) is 9.81. The van der Waals surface area contributed by atoms with Gasteiger partial charge in [-0.2, -0.15) is 0 Å². The van der Waals surface area contributed by atoms with E-state index in [4.69, 9.17) is 33.0 Å². The number of ether oxygens (including phenoxy) is 1. The van der Waals surface area contributed by atoms with E-state index >= 15 is 0 Å². The van der Waals surface area contributed by atoms with Crippen molar-refractivity contribution in [1.82, 2.24) is 4.90 Å². The minimum Gasteiger partial charge on any atom is -0.493 e. The summed E-state index contributed by atoms with van der Waals surface area (Å²) in [5, 5.41) is 10.2. The number of nitrogens with zero attached hydrogens (tertiary/aromatic N) is 1. The Hall–Kier alpha value is -1.75. The van der Waals surface area contributed by atoms with E-state index in [1.165, 1.54) is 11.1 Å². The van der Waals surface area contributed by atoms with Gasteiger partial charge >= 0.3 is 5.97 Å². The molecule has 0 radical (unpaired) electrons. The quantitative estimate of drug-likeness (QED) is 0.785. The van der Waals surface area contributed by atoms with Crippen LogP contribution in [0.15, 0.2) is 36.4 Å². The summed E-state index contributed by atoms with van der Waals surface area (Å²) in [4.78, 5) is 12.8. The normalized spacial score (nSPS) is 17.6. The Morgan fingerprint density at radius 2 is 1.81 bits per heavy atom. The lowest BCUT2D eigenvalue weighted by Gasteiger charge is -2.47. The standard InChI is InChI=1S/C21H21Cl2NO3/c22-18-2-1-3-19(23)17(18)6-7-27-16-5-4-14-9-21(10-15(14)8-16)12-24(13-21)11-20(25)26/h1-5,8H,6-7,9-13H2,(H,25,26). The SMILES string of the molecule is O=C(O)CN1CC2(Cc3ccc(OCCc4c(Cl)cccc4Cl)cc3C2)C1. The number of hydrogen-bond acceptors (Lipinski definition) is 3. The highest BCUT2D eigenvalue weighted by Crippen LogP contribution is 2.44. The number of aliphatic carboxylic acids is 1. The van der Waals surface area contributed by atoms with Crippen molar-refractivity contribution in [1.29, 1.82) is 0 Å². The van der Waals surface area contributed by atoms with Crippen LogP contribution in [0.5, 0.6) is 5.75 Å².